The van der Waals surface area contributed by atoms with Gasteiger partial charge in [0, 0.05) is 6.07 Å². The first-order valence-electron chi connectivity index (χ1n) is 9.30. The van der Waals surface area contributed by atoms with E-state index >= 15 is 0 Å². The molecular weight excluding hydrogens is 442 g/mol. The Kier molecular flexibility index (Phi) is 6.94. The van der Waals surface area contributed by atoms with Gasteiger partial charge in [-0.05, 0) is 60.7 Å². The Bertz CT molecular complexity index is 1200. The van der Waals surface area contributed by atoms with E-state index in [9.17, 15) is 22.0 Å². The summed E-state index contributed by atoms with van der Waals surface area (Å²) in [6.45, 7) is -0.633. The smallest absolute Gasteiger partial charge is 0.264 e. The summed E-state index contributed by atoms with van der Waals surface area (Å²) in [5.74, 6) is -1.07. The highest BCUT2D eigenvalue weighted by atomic mass is 32.2. The quantitative estimate of drug-likeness (QED) is 0.550. The topological polar surface area (TPSA) is 84.9 Å². The molecule has 0 heterocycles. The van der Waals surface area contributed by atoms with Crippen molar-refractivity contribution in [2.45, 2.75) is 4.90 Å². The molecule has 0 atom stereocenters. The maximum Gasteiger partial charge on any atom is 0.264 e. The maximum absolute atomic E-state index is 13.4. The van der Waals surface area contributed by atoms with Crippen LogP contribution in [0.2, 0.25) is 0 Å². The van der Waals surface area contributed by atoms with Crippen LogP contribution in [0.25, 0.3) is 0 Å². The van der Waals surface area contributed by atoms with Crippen molar-refractivity contribution in [2.24, 2.45) is 0 Å². The summed E-state index contributed by atoms with van der Waals surface area (Å²) in [5, 5.41) is 2.60. The summed E-state index contributed by atoms with van der Waals surface area (Å²) < 4.78 is 64.3. The number of nitrogens with zero attached hydrogens (tertiary/aromatic N) is 1. The van der Waals surface area contributed by atoms with Crippen LogP contribution in [0.5, 0.6) is 11.5 Å². The molecular formula is C22H20F2N2O5S. The van der Waals surface area contributed by atoms with Crippen LogP contribution in [0.1, 0.15) is 0 Å². The van der Waals surface area contributed by atoms with Crippen molar-refractivity contribution < 1.29 is 31.5 Å². The molecule has 0 unspecified atom stereocenters. The van der Waals surface area contributed by atoms with Gasteiger partial charge in [-0.25, -0.2) is 17.2 Å². The van der Waals surface area contributed by atoms with Crippen molar-refractivity contribution in [3.8, 4) is 11.5 Å². The molecule has 3 aromatic rings. The molecule has 0 saturated heterocycles. The summed E-state index contributed by atoms with van der Waals surface area (Å²) in [4.78, 5) is 12.6. The molecule has 0 aliphatic carbocycles. The van der Waals surface area contributed by atoms with Gasteiger partial charge in [0.25, 0.3) is 10.0 Å². The number of benzene rings is 3. The molecule has 0 aromatic heterocycles. The van der Waals surface area contributed by atoms with Gasteiger partial charge < -0.3 is 14.8 Å². The minimum Gasteiger partial charge on any atom is -0.497 e. The number of rotatable bonds is 8. The zero-order chi connectivity index (χ0) is 23.3. The lowest BCUT2D eigenvalue weighted by atomic mass is 10.2. The van der Waals surface area contributed by atoms with E-state index in [4.69, 9.17) is 9.47 Å². The Morgan fingerprint density at radius 2 is 1.50 bits per heavy atom. The fourth-order valence-electron chi connectivity index (χ4n) is 2.89. The van der Waals surface area contributed by atoms with Crippen LogP contribution in [0.3, 0.4) is 0 Å². The Labute approximate surface area is 184 Å². The second-order valence-corrected chi connectivity index (χ2v) is 8.42. The van der Waals surface area contributed by atoms with E-state index < -0.39 is 34.1 Å². The second kappa shape index (κ2) is 9.65. The average molecular weight is 462 g/mol. The van der Waals surface area contributed by atoms with E-state index in [0.29, 0.717) is 11.5 Å². The molecule has 0 radical (unpaired) electrons. The number of methoxy groups -OCH3 is 2. The van der Waals surface area contributed by atoms with E-state index in [2.05, 4.69) is 5.32 Å². The number of hydrogen-bond acceptors (Lipinski definition) is 5. The first-order valence-corrected chi connectivity index (χ1v) is 10.7. The zero-order valence-corrected chi connectivity index (χ0v) is 18.0. The third-order valence-corrected chi connectivity index (χ3v) is 6.27. The molecule has 0 bridgehead atoms. The number of ether oxygens (including phenoxy) is 2. The van der Waals surface area contributed by atoms with Crippen molar-refractivity contribution in [1.29, 1.82) is 0 Å². The number of anilines is 2. The highest BCUT2D eigenvalue weighted by molar-refractivity contribution is 7.92. The lowest BCUT2D eigenvalue weighted by molar-refractivity contribution is -0.114. The number of amides is 1. The van der Waals surface area contributed by atoms with E-state index in [1.165, 1.54) is 32.4 Å². The van der Waals surface area contributed by atoms with Gasteiger partial charge in [-0.15, -0.1) is 0 Å². The third-order valence-electron chi connectivity index (χ3n) is 4.48. The monoisotopic (exact) mass is 462 g/mol. The van der Waals surface area contributed by atoms with E-state index in [-0.39, 0.29) is 16.3 Å². The lowest BCUT2D eigenvalue weighted by Gasteiger charge is -2.24. The SMILES string of the molecule is COc1ccc(OC)c(NC(=O)CN(c2ccc(F)cc2)S(=O)(=O)c2ccc(F)cc2)c1. The molecule has 7 nitrogen and oxygen atoms in total. The fourth-order valence-corrected chi connectivity index (χ4v) is 4.31. The predicted molar refractivity (Wildman–Crippen MR) is 116 cm³/mol. The van der Waals surface area contributed by atoms with Gasteiger partial charge in [0.1, 0.15) is 29.7 Å². The summed E-state index contributed by atoms with van der Waals surface area (Å²) >= 11 is 0. The van der Waals surface area contributed by atoms with E-state index in [1.54, 1.807) is 12.1 Å². The van der Waals surface area contributed by atoms with Crippen molar-refractivity contribution in [3.63, 3.8) is 0 Å². The van der Waals surface area contributed by atoms with Crippen molar-refractivity contribution in [3.05, 3.63) is 78.4 Å². The molecule has 32 heavy (non-hydrogen) atoms. The van der Waals surface area contributed by atoms with E-state index in [1.807, 2.05) is 0 Å². The molecule has 0 spiro atoms. The molecule has 1 N–H and O–H groups in total. The van der Waals surface area contributed by atoms with Crippen molar-refractivity contribution in [2.75, 3.05) is 30.4 Å². The maximum atomic E-state index is 13.4. The van der Waals surface area contributed by atoms with Gasteiger partial charge >= 0.3 is 0 Å². The van der Waals surface area contributed by atoms with Crippen LogP contribution in [0, 0.1) is 11.6 Å². The molecule has 10 heteroatoms. The number of nitrogens with one attached hydrogen (secondary N) is 1. The van der Waals surface area contributed by atoms with Crippen LogP contribution >= 0.6 is 0 Å². The van der Waals surface area contributed by atoms with Crippen LogP contribution < -0.4 is 19.1 Å². The van der Waals surface area contributed by atoms with Gasteiger partial charge in [-0.1, -0.05) is 0 Å². The van der Waals surface area contributed by atoms with Gasteiger partial charge in [-0.2, -0.15) is 0 Å². The number of halogens is 2. The molecule has 0 saturated carbocycles. The lowest BCUT2D eigenvalue weighted by Crippen LogP contribution is -2.38. The number of carbonyl (C=O) groups excluding carboxylic acids is 1. The van der Waals surface area contributed by atoms with Gasteiger partial charge in [0.2, 0.25) is 5.91 Å². The van der Waals surface area contributed by atoms with Gasteiger partial charge in [-0.3, -0.25) is 9.10 Å². The molecule has 3 rings (SSSR count). The summed E-state index contributed by atoms with van der Waals surface area (Å²) in [5.41, 5.74) is 0.332. The molecule has 3 aromatic carbocycles. The fraction of sp³-hybridized carbons (Fsp3) is 0.136. The molecule has 0 aliphatic rings. The second-order valence-electron chi connectivity index (χ2n) is 6.56. The van der Waals surface area contributed by atoms with E-state index in [0.717, 1.165) is 40.7 Å². The predicted octanol–water partition coefficient (Wildman–Crippen LogP) is 3.82. The highest BCUT2D eigenvalue weighted by Gasteiger charge is 2.27. The highest BCUT2D eigenvalue weighted by Crippen LogP contribution is 2.29. The summed E-state index contributed by atoms with van der Waals surface area (Å²) in [7, 11) is -1.40. The number of sulfonamides is 1. The number of carbonyl (C=O) groups is 1. The summed E-state index contributed by atoms with van der Waals surface area (Å²) in [6, 6.07) is 13.5. The largest absolute Gasteiger partial charge is 0.497 e. The van der Waals surface area contributed by atoms with Crippen LogP contribution in [0.4, 0.5) is 20.2 Å². The minimum absolute atomic E-state index is 0.0588. The molecule has 1 amide bonds. The average Bonchev–Trinajstić information content (AvgIpc) is 2.78. The van der Waals surface area contributed by atoms with Gasteiger partial charge in [0.15, 0.2) is 0 Å². The van der Waals surface area contributed by atoms with Crippen molar-refractivity contribution >= 4 is 27.3 Å². The number of hydrogen-bond donors (Lipinski definition) is 1. The Balaban J connectivity index is 1.95. The van der Waals surface area contributed by atoms with Crippen molar-refractivity contribution in [1.82, 2.24) is 0 Å². The van der Waals surface area contributed by atoms with Crippen LogP contribution in [-0.4, -0.2) is 35.1 Å². The molecule has 0 aliphatic heterocycles. The first kappa shape index (κ1) is 23.0. The standard InChI is InChI=1S/C22H20F2N2O5S/c1-30-18-9-12-21(31-2)20(13-18)25-22(27)14-26(17-7-3-15(23)4-8-17)32(28,29)19-10-5-16(24)6-11-19/h3-13H,14H2,1-2H3,(H,25,27). The Hall–Kier alpha value is -3.66. The third kappa shape index (κ3) is 5.14. The zero-order valence-electron chi connectivity index (χ0n) is 17.2. The van der Waals surface area contributed by atoms with Gasteiger partial charge in [0.05, 0.1) is 30.5 Å². The Morgan fingerprint density at radius 3 is 2.06 bits per heavy atom. The minimum atomic E-state index is -4.27. The normalized spacial score (nSPS) is 11.0. The molecule has 168 valence electrons. The molecule has 0 fully saturated rings. The first-order chi connectivity index (χ1) is 15.2. The summed E-state index contributed by atoms with van der Waals surface area (Å²) in [6.07, 6.45) is 0. The van der Waals surface area contributed by atoms with Crippen LogP contribution in [0.15, 0.2) is 71.6 Å². The van der Waals surface area contributed by atoms with Crippen LogP contribution in [-0.2, 0) is 14.8 Å². The Morgan fingerprint density at radius 1 is 0.906 bits per heavy atom.